The first-order chi connectivity index (χ1) is 12.1. The van der Waals surface area contributed by atoms with Crippen LogP contribution in [0.3, 0.4) is 0 Å². The third-order valence-corrected chi connectivity index (χ3v) is 3.66. The van der Waals surface area contributed by atoms with Gasteiger partial charge in [0.05, 0.1) is 18.8 Å². The maximum absolute atomic E-state index is 12.0. The highest BCUT2D eigenvalue weighted by Gasteiger charge is 2.17. The fourth-order valence-corrected chi connectivity index (χ4v) is 2.36. The fraction of sp³-hybridized carbons (Fsp3) is 0.471. The molecule has 1 heterocycles. The molecule has 25 heavy (non-hydrogen) atoms. The average molecular weight is 350 g/mol. The molecule has 0 aromatic heterocycles. The second-order valence-corrected chi connectivity index (χ2v) is 5.48. The molecule has 0 spiro atoms. The van der Waals surface area contributed by atoms with Crippen molar-refractivity contribution < 1.29 is 28.6 Å². The molecule has 8 nitrogen and oxygen atoms in total. The SMILES string of the molecule is COc1ccccc1C(=O)NCC(=O)OCC(=O)NC[C@@H]1CCCO1. The van der Waals surface area contributed by atoms with Crippen LogP contribution >= 0.6 is 0 Å². The van der Waals surface area contributed by atoms with Gasteiger partial charge in [-0.05, 0) is 25.0 Å². The minimum atomic E-state index is -0.699. The topological polar surface area (TPSA) is 103 Å². The lowest BCUT2D eigenvalue weighted by Crippen LogP contribution is -2.36. The van der Waals surface area contributed by atoms with E-state index in [-0.39, 0.29) is 12.6 Å². The molecular formula is C17H22N2O6. The van der Waals surface area contributed by atoms with E-state index in [1.165, 1.54) is 7.11 Å². The van der Waals surface area contributed by atoms with Gasteiger partial charge in [0.1, 0.15) is 12.3 Å². The average Bonchev–Trinajstić information content (AvgIpc) is 3.16. The van der Waals surface area contributed by atoms with E-state index in [4.69, 9.17) is 14.2 Å². The number of hydrogen-bond donors (Lipinski definition) is 2. The van der Waals surface area contributed by atoms with Gasteiger partial charge in [-0.2, -0.15) is 0 Å². The summed E-state index contributed by atoms with van der Waals surface area (Å²) in [5.41, 5.74) is 0.312. The third-order valence-electron chi connectivity index (χ3n) is 3.66. The number of nitrogens with one attached hydrogen (secondary N) is 2. The molecule has 0 radical (unpaired) electrons. The first-order valence-electron chi connectivity index (χ1n) is 8.05. The molecule has 2 rings (SSSR count). The van der Waals surface area contributed by atoms with E-state index in [1.54, 1.807) is 24.3 Å². The molecule has 8 heteroatoms. The molecule has 1 saturated heterocycles. The van der Waals surface area contributed by atoms with Crippen LogP contribution in [0.25, 0.3) is 0 Å². The van der Waals surface area contributed by atoms with Gasteiger partial charge >= 0.3 is 5.97 Å². The Morgan fingerprint density at radius 2 is 2.04 bits per heavy atom. The van der Waals surface area contributed by atoms with Crippen LogP contribution in [0, 0.1) is 0 Å². The van der Waals surface area contributed by atoms with Crippen molar-refractivity contribution in [1.29, 1.82) is 0 Å². The van der Waals surface area contributed by atoms with Gasteiger partial charge in [-0.25, -0.2) is 0 Å². The van der Waals surface area contributed by atoms with Crippen molar-refractivity contribution in [3.63, 3.8) is 0 Å². The predicted molar refractivity (Wildman–Crippen MR) is 88.3 cm³/mol. The summed E-state index contributed by atoms with van der Waals surface area (Å²) in [5, 5.41) is 5.07. The van der Waals surface area contributed by atoms with E-state index in [0.717, 1.165) is 12.8 Å². The molecule has 2 amide bonds. The quantitative estimate of drug-likeness (QED) is 0.652. The summed E-state index contributed by atoms with van der Waals surface area (Å²) >= 11 is 0. The van der Waals surface area contributed by atoms with Crippen molar-refractivity contribution >= 4 is 17.8 Å². The minimum absolute atomic E-state index is 0.0276. The Hall–Kier alpha value is -2.61. The van der Waals surface area contributed by atoms with Crippen molar-refractivity contribution in [1.82, 2.24) is 10.6 Å². The van der Waals surface area contributed by atoms with Crippen LogP contribution in [0.2, 0.25) is 0 Å². The smallest absolute Gasteiger partial charge is 0.325 e. The highest BCUT2D eigenvalue weighted by Crippen LogP contribution is 2.16. The molecule has 1 atom stereocenters. The Bertz CT molecular complexity index is 613. The highest BCUT2D eigenvalue weighted by molar-refractivity contribution is 5.98. The second-order valence-electron chi connectivity index (χ2n) is 5.48. The number of ether oxygens (including phenoxy) is 3. The zero-order chi connectivity index (χ0) is 18.1. The van der Waals surface area contributed by atoms with Crippen molar-refractivity contribution in [2.45, 2.75) is 18.9 Å². The lowest BCUT2D eigenvalue weighted by atomic mass is 10.2. The predicted octanol–water partition coefficient (Wildman–Crippen LogP) is 0.263. The molecule has 1 aliphatic rings. The van der Waals surface area contributed by atoms with Crippen molar-refractivity contribution in [2.24, 2.45) is 0 Å². The second kappa shape index (κ2) is 9.63. The standard InChI is InChI=1S/C17H22N2O6/c1-23-14-7-3-2-6-13(14)17(22)19-10-16(21)25-11-15(20)18-9-12-5-4-8-24-12/h2-3,6-7,12H,4-5,8-11H2,1H3,(H,18,20)(H,19,22)/t12-/m0/s1. The molecule has 1 aliphatic heterocycles. The van der Waals surface area contributed by atoms with Crippen LogP contribution in [0.5, 0.6) is 5.75 Å². The molecular weight excluding hydrogens is 328 g/mol. The number of hydrogen-bond acceptors (Lipinski definition) is 6. The molecule has 1 aromatic carbocycles. The Morgan fingerprint density at radius 1 is 1.24 bits per heavy atom. The summed E-state index contributed by atoms with van der Waals surface area (Å²) in [5.74, 6) is -1.16. The lowest BCUT2D eigenvalue weighted by Gasteiger charge is -2.11. The fourth-order valence-electron chi connectivity index (χ4n) is 2.36. The van der Waals surface area contributed by atoms with Gasteiger partial charge in [-0.1, -0.05) is 12.1 Å². The number of methoxy groups -OCH3 is 1. The van der Waals surface area contributed by atoms with E-state index in [1.807, 2.05) is 0 Å². The van der Waals surface area contributed by atoms with E-state index in [9.17, 15) is 14.4 Å². The molecule has 0 aliphatic carbocycles. The van der Waals surface area contributed by atoms with Crippen LogP contribution in [0.1, 0.15) is 23.2 Å². The Morgan fingerprint density at radius 3 is 2.76 bits per heavy atom. The first kappa shape index (κ1) is 18.7. The van der Waals surface area contributed by atoms with Crippen molar-refractivity contribution in [3.05, 3.63) is 29.8 Å². The lowest BCUT2D eigenvalue weighted by molar-refractivity contribution is -0.147. The van der Waals surface area contributed by atoms with Crippen LogP contribution in [0.15, 0.2) is 24.3 Å². The normalized spacial score (nSPS) is 16.1. The number of carbonyl (C=O) groups excluding carboxylic acids is 3. The van der Waals surface area contributed by atoms with Gasteiger partial charge < -0.3 is 24.8 Å². The maximum Gasteiger partial charge on any atom is 0.325 e. The maximum atomic E-state index is 12.0. The molecule has 0 bridgehead atoms. The zero-order valence-corrected chi connectivity index (χ0v) is 14.1. The van der Waals surface area contributed by atoms with Gasteiger partial charge in [0, 0.05) is 13.2 Å². The number of rotatable bonds is 8. The third kappa shape index (κ3) is 6.07. The molecule has 1 aromatic rings. The summed E-state index contributed by atoms with van der Waals surface area (Å²) in [4.78, 5) is 35.2. The Labute approximate surface area is 145 Å². The zero-order valence-electron chi connectivity index (χ0n) is 14.1. The van der Waals surface area contributed by atoms with Crippen LogP contribution < -0.4 is 15.4 Å². The summed E-state index contributed by atoms with van der Waals surface area (Å²) in [6, 6.07) is 6.65. The van der Waals surface area contributed by atoms with Crippen molar-refractivity contribution in [3.8, 4) is 5.75 Å². The van der Waals surface area contributed by atoms with Crippen LogP contribution in [-0.2, 0) is 19.1 Å². The van der Waals surface area contributed by atoms with Crippen molar-refractivity contribution in [2.75, 3.05) is 33.4 Å². The van der Waals surface area contributed by atoms with Crippen LogP contribution in [-0.4, -0.2) is 57.3 Å². The summed E-state index contributed by atoms with van der Waals surface area (Å²) in [7, 11) is 1.45. The van der Waals surface area contributed by atoms with Gasteiger partial charge in [0.2, 0.25) is 0 Å². The Kier molecular flexibility index (Phi) is 7.21. The summed E-state index contributed by atoms with van der Waals surface area (Å²) in [6.45, 7) is 0.383. The van der Waals surface area contributed by atoms with E-state index >= 15 is 0 Å². The van der Waals surface area contributed by atoms with E-state index in [0.29, 0.717) is 24.5 Å². The molecule has 0 unspecified atom stereocenters. The highest BCUT2D eigenvalue weighted by atomic mass is 16.5. The number of carbonyl (C=O) groups is 3. The van der Waals surface area contributed by atoms with Gasteiger partial charge in [-0.3, -0.25) is 14.4 Å². The van der Waals surface area contributed by atoms with Gasteiger partial charge in [0.25, 0.3) is 11.8 Å². The number of benzene rings is 1. The minimum Gasteiger partial charge on any atom is -0.496 e. The molecule has 136 valence electrons. The number of amides is 2. The summed E-state index contributed by atoms with van der Waals surface area (Å²) in [6.07, 6.45) is 1.93. The molecule has 2 N–H and O–H groups in total. The van der Waals surface area contributed by atoms with Gasteiger partial charge in [0.15, 0.2) is 6.61 Å². The Balaban J connectivity index is 1.66. The van der Waals surface area contributed by atoms with E-state index < -0.39 is 24.4 Å². The van der Waals surface area contributed by atoms with E-state index in [2.05, 4.69) is 10.6 Å². The molecule has 0 saturated carbocycles. The first-order valence-corrected chi connectivity index (χ1v) is 8.05. The van der Waals surface area contributed by atoms with Crippen LogP contribution in [0.4, 0.5) is 0 Å². The largest absolute Gasteiger partial charge is 0.496 e. The number of esters is 1. The molecule has 1 fully saturated rings. The monoisotopic (exact) mass is 350 g/mol. The summed E-state index contributed by atoms with van der Waals surface area (Å²) < 4.78 is 15.3. The van der Waals surface area contributed by atoms with Gasteiger partial charge in [-0.15, -0.1) is 0 Å². The number of para-hydroxylation sites is 1.